The van der Waals surface area contributed by atoms with Crippen molar-refractivity contribution in [3.63, 3.8) is 0 Å². The van der Waals surface area contributed by atoms with E-state index >= 15 is 0 Å². The molecule has 80 valence electrons. The molecule has 1 fully saturated rings. The van der Waals surface area contributed by atoms with Crippen molar-refractivity contribution in [3.8, 4) is 0 Å². The molecule has 1 saturated carbocycles. The van der Waals surface area contributed by atoms with E-state index < -0.39 is 0 Å². The molecule has 0 bridgehead atoms. The number of hydrogen-bond donors (Lipinski definition) is 2. The fourth-order valence-corrected chi connectivity index (χ4v) is 1.65. The number of carbonyl (C=O) groups is 1. The molecule has 0 radical (unpaired) electrons. The zero-order valence-electron chi connectivity index (χ0n) is 8.92. The molecule has 3 heteroatoms. The Balaban J connectivity index is 2.21. The van der Waals surface area contributed by atoms with Crippen LogP contribution < -0.4 is 11.1 Å². The summed E-state index contributed by atoms with van der Waals surface area (Å²) in [6.45, 7) is 2.45. The van der Waals surface area contributed by atoms with E-state index in [1.54, 1.807) is 0 Å². The molecule has 15 heavy (non-hydrogen) atoms. The van der Waals surface area contributed by atoms with Crippen molar-refractivity contribution in [3.05, 3.63) is 29.3 Å². The fraction of sp³-hybridized carbons (Fsp3) is 0.417. The Bertz CT molecular complexity index is 383. The summed E-state index contributed by atoms with van der Waals surface area (Å²) >= 11 is 0. The van der Waals surface area contributed by atoms with Gasteiger partial charge >= 0.3 is 0 Å². The molecule has 0 unspecified atom stereocenters. The van der Waals surface area contributed by atoms with Crippen LogP contribution in [0.2, 0.25) is 0 Å². The van der Waals surface area contributed by atoms with Gasteiger partial charge in [0.2, 0.25) is 5.91 Å². The molecular formula is C12H16N2O. The van der Waals surface area contributed by atoms with Gasteiger partial charge in [-0.15, -0.1) is 0 Å². The van der Waals surface area contributed by atoms with Crippen molar-refractivity contribution in [2.24, 2.45) is 11.7 Å². The number of amides is 1. The molecule has 1 aromatic rings. The first-order chi connectivity index (χ1) is 7.22. The molecule has 1 aliphatic rings. The van der Waals surface area contributed by atoms with E-state index in [1.165, 1.54) is 0 Å². The SMILES string of the molecule is Cc1cccc(CN)c1NC(=O)C1CC1. The molecule has 2 rings (SSSR count). The van der Waals surface area contributed by atoms with Gasteiger partial charge in [0.1, 0.15) is 0 Å². The normalized spacial score (nSPS) is 15.1. The summed E-state index contributed by atoms with van der Waals surface area (Å²) in [7, 11) is 0. The van der Waals surface area contributed by atoms with Crippen molar-refractivity contribution in [2.45, 2.75) is 26.3 Å². The van der Waals surface area contributed by atoms with E-state index in [1.807, 2.05) is 25.1 Å². The number of hydrogen-bond acceptors (Lipinski definition) is 2. The number of nitrogens with one attached hydrogen (secondary N) is 1. The zero-order valence-corrected chi connectivity index (χ0v) is 8.92. The highest BCUT2D eigenvalue weighted by atomic mass is 16.2. The van der Waals surface area contributed by atoms with Gasteiger partial charge in [0.15, 0.2) is 0 Å². The topological polar surface area (TPSA) is 55.1 Å². The summed E-state index contributed by atoms with van der Waals surface area (Å²) in [6, 6.07) is 5.90. The molecule has 3 nitrogen and oxygen atoms in total. The predicted octanol–water partition coefficient (Wildman–Crippen LogP) is 1.80. The smallest absolute Gasteiger partial charge is 0.227 e. The van der Waals surface area contributed by atoms with E-state index in [0.29, 0.717) is 6.54 Å². The van der Waals surface area contributed by atoms with Crippen molar-refractivity contribution in [2.75, 3.05) is 5.32 Å². The lowest BCUT2D eigenvalue weighted by atomic mass is 10.1. The maximum atomic E-state index is 11.6. The van der Waals surface area contributed by atoms with Crippen molar-refractivity contribution in [1.29, 1.82) is 0 Å². The Kier molecular flexibility index (Phi) is 2.73. The Morgan fingerprint density at radius 2 is 2.27 bits per heavy atom. The van der Waals surface area contributed by atoms with Crippen molar-refractivity contribution in [1.82, 2.24) is 0 Å². The lowest BCUT2D eigenvalue weighted by Gasteiger charge is -2.12. The third-order valence-electron chi connectivity index (χ3n) is 2.78. The summed E-state index contributed by atoms with van der Waals surface area (Å²) < 4.78 is 0. The van der Waals surface area contributed by atoms with Crippen molar-refractivity contribution < 1.29 is 4.79 Å². The number of benzene rings is 1. The second kappa shape index (κ2) is 4.03. The van der Waals surface area contributed by atoms with Gasteiger partial charge in [-0.05, 0) is 30.9 Å². The Morgan fingerprint density at radius 1 is 1.53 bits per heavy atom. The van der Waals surface area contributed by atoms with Gasteiger partial charge in [0.25, 0.3) is 0 Å². The third-order valence-corrected chi connectivity index (χ3v) is 2.78. The zero-order chi connectivity index (χ0) is 10.8. The number of nitrogens with two attached hydrogens (primary N) is 1. The first-order valence-electron chi connectivity index (χ1n) is 5.32. The Morgan fingerprint density at radius 3 is 2.87 bits per heavy atom. The van der Waals surface area contributed by atoms with E-state index in [2.05, 4.69) is 5.32 Å². The van der Waals surface area contributed by atoms with Gasteiger partial charge in [-0.3, -0.25) is 4.79 Å². The van der Waals surface area contributed by atoms with Gasteiger partial charge in [0.05, 0.1) is 0 Å². The molecule has 0 saturated heterocycles. The minimum Gasteiger partial charge on any atom is -0.326 e. The molecule has 1 aromatic carbocycles. The molecule has 0 aliphatic heterocycles. The number of rotatable bonds is 3. The molecule has 1 aliphatic carbocycles. The molecule has 0 heterocycles. The quantitative estimate of drug-likeness (QED) is 0.788. The first-order valence-corrected chi connectivity index (χ1v) is 5.32. The van der Waals surface area contributed by atoms with Crippen LogP contribution in [0.1, 0.15) is 24.0 Å². The fourth-order valence-electron chi connectivity index (χ4n) is 1.65. The average molecular weight is 204 g/mol. The van der Waals surface area contributed by atoms with Gasteiger partial charge in [-0.2, -0.15) is 0 Å². The second-order valence-corrected chi connectivity index (χ2v) is 4.08. The number of aryl methyl sites for hydroxylation is 1. The highest BCUT2D eigenvalue weighted by Crippen LogP contribution is 2.31. The summed E-state index contributed by atoms with van der Waals surface area (Å²) in [5, 5.41) is 2.97. The minimum absolute atomic E-state index is 0.138. The maximum Gasteiger partial charge on any atom is 0.227 e. The van der Waals surface area contributed by atoms with Gasteiger partial charge < -0.3 is 11.1 Å². The van der Waals surface area contributed by atoms with Crippen LogP contribution in [-0.2, 0) is 11.3 Å². The summed E-state index contributed by atoms with van der Waals surface area (Å²) in [5.41, 5.74) is 8.62. The summed E-state index contributed by atoms with van der Waals surface area (Å²) in [5.74, 6) is 0.370. The van der Waals surface area contributed by atoms with Crippen LogP contribution in [0.4, 0.5) is 5.69 Å². The molecule has 0 atom stereocenters. The Hall–Kier alpha value is -1.35. The highest BCUT2D eigenvalue weighted by Gasteiger charge is 2.30. The van der Waals surface area contributed by atoms with E-state index in [4.69, 9.17) is 5.73 Å². The van der Waals surface area contributed by atoms with Crippen LogP contribution in [0.5, 0.6) is 0 Å². The van der Waals surface area contributed by atoms with Crippen molar-refractivity contribution >= 4 is 11.6 Å². The molecule has 0 spiro atoms. The largest absolute Gasteiger partial charge is 0.326 e. The minimum atomic E-state index is 0.138. The van der Waals surface area contributed by atoms with Crippen LogP contribution >= 0.6 is 0 Å². The number of para-hydroxylation sites is 1. The van der Waals surface area contributed by atoms with Crippen LogP contribution in [0.3, 0.4) is 0 Å². The number of anilines is 1. The lowest BCUT2D eigenvalue weighted by Crippen LogP contribution is -2.16. The number of carbonyl (C=O) groups excluding carboxylic acids is 1. The highest BCUT2D eigenvalue weighted by molar-refractivity contribution is 5.95. The van der Waals surface area contributed by atoms with Crippen LogP contribution in [0.15, 0.2) is 18.2 Å². The average Bonchev–Trinajstić information content (AvgIpc) is 3.04. The maximum absolute atomic E-state index is 11.6. The molecule has 1 amide bonds. The monoisotopic (exact) mass is 204 g/mol. The summed E-state index contributed by atoms with van der Waals surface area (Å²) in [6.07, 6.45) is 2.05. The van der Waals surface area contributed by atoms with Crippen LogP contribution in [0.25, 0.3) is 0 Å². The summed E-state index contributed by atoms with van der Waals surface area (Å²) in [4.78, 5) is 11.6. The molecule has 3 N–H and O–H groups in total. The van der Waals surface area contributed by atoms with Crippen LogP contribution in [0, 0.1) is 12.8 Å². The van der Waals surface area contributed by atoms with Gasteiger partial charge in [0, 0.05) is 18.2 Å². The molecular weight excluding hydrogens is 188 g/mol. The standard InChI is InChI=1S/C12H16N2O/c1-8-3-2-4-10(7-13)11(8)14-12(15)9-5-6-9/h2-4,9H,5-7,13H2,1H3,(H,14,15). The predicted molar refractivity (Wildman–Crippen MR) is 60.4 cm³/mol. The third kappa shape index (κ3) is 2.18. The van der Waals surface area contributed by atoms with Gasteiger partial charge in [-0.25, -0.2) is 0 Å². The van der Waals surface area contributed by atoms with Crippen LogP contribution in [-0.4, -0.2) is 5.91 Å². The van der Waals surface area contributed by atoms with E-state index in [0.717, 1.165) is 29.7 Å². The van der Waals surface area contributed by atoms with E-state index in [9.17, 15) is 4.79 Å². The molecule has 0 aromatic heterocycles. The second-order valence-electron chi connectivity index (χ2n) is 4.08. The Labute approximate surface area is 89.7 Å². The van der Waals surface area contributed by atoms with Gasteiger partial charge in [-0.1, -0.05) is 18.2 Å². The lowest BCUT2D eigenvalue weighted by molar-refractivity contribution is -0.117. The first kappa shape index (κ1) is 10.2. The van der Waals surface area contributed by atoms with E-state index in [-0.39, 0.29) is 11.8 Å².